The number of ketones is 1. The maximum absolute atomic E-state index is 12.2. The normalized spacial score (nSPS) is 18.3. The molecule has 0 aliphatic carbocycles. The molecule has 0 aromatic carbocycles. The zero-order chi connectivity index (χ0) is 10.9. The van der Waals surface area contributed by atoms with Gasteiger partial charge in [-0.25, -0.2) is 0 Å². The van der Waals surface area contributed by atoms with Crippen LogP contribution in [0.4, 0.5) is 0 Å². The van der Waals surface area contributed by atoms with E-state index in [1.165, 1.54) is 12.8 Å². The molecule has 0 amide bonds. The summed E-state index contributed by atoms with van der Waals surface area (Å²) in [6.45, 7) is 5.98. The minimum absolute atomic E-state index is 0.0781. The molecule has 1 aromatic rings. The van der Waals surface area contributed by atoms with Crippen LogP contribution in [0.1, 0.15) is 37.2 Å². The molecular weight excluding hydrogens is 190 g/mol. The van der Waals surface area contributed by atoms with Crippen LogP contribution in [0.2, 0.25) is 0 Å². The predicted molar refractivity (Wildman–Crippen MR) is 57.9 cm³/mol. The lowest BCUT2D eigenvalue weighted by Crippen LogP contribution is -2.48. The van der Waals surface area contributed by atoms with E-state index in [1.54, 1.807) is 18.4 Å². The molecule has 0 unspecified atom stereocenters. The fourth-order valence-electron chi connectivity index (χ4n) is 2.13. The number of hydrogen-bond acceptors (Lipinski definition) is 3. The standard InChI is InChI=1S/C12H17NO2/c1-12(2,13-7-3-4-8-13)11(14)10-6-5-9-15-10/h5-6,9H,3-4,7-8H2,1-2H3. The number of Topliss-reactive ketones (excluding diaryl/α,β-unsaturated/α-hetero) is 1. The molecular formula is C12H17NO2. The van der Waals surface area contributed by atoms with Gasteiger partial charge in [-0.15, -0.1) is 0 Å². The second kappa shape index (κ2) is 3.81. The Labute approximate surface area is 90.1 Å². The van der Waals surface area contributed by atoms with Gasteiger partial charge in [0.15, 0.2) is 5.76 Å². The highest BCUT2D eigenvalue weighted by atomic mass is 16.3. The minimum atomic E-state index is -0.436. The van der Waals surface area contributed by atoms with E-state index in [0.29, 0.717) is 5.76 Å². The second-order valence-electron chi connectivity index (χ2n) is 4.56. The lowest BCUT2D eigenvalue weighted by Gasteiger charge is -2.32. The van der Waals surface area contributed by atoms with Crippen LogP contribution in [0, 0.1) is 0 Å². The zero-order valence-electron chi connectivity index (χ0n) is 9.32. The molecule has 1 fully saturated rings. The van der Waals surface area contributed by atoms with Gasteiger partial charge in [-0.1, -0.05) is 0 Å². The maximum Gasteiger partial charge on any atom is 0.217 e. The summed E-state index contributed by atoms with van der Waals surface area (Å²) in [6.07, 6.45) is 3.93. The molecule has 15 heavy (non-hydrogen) atoms. The molecule has 3 nitrogen and oxygen atoms in total. The van der Waals surface area contributed by atoms with Crippen molar-refractivity contribution in [3.05, 3.63) is 24.2 Å². The van der Waals surface area contributed by atoms with Crippen molar-refractivity contribution < 1.29 is 9.21 Å². The number of carbonyl (C=O) groups excluding carboxylic acids is 1. The largest absolute Gasteiger partial charge is 0.461 e. The summed E-state index contributed by atoms with van der Waals surface area (Å²) in [7, 11) is 0. The van der Waals surface area contributed by atoms with Gasteiger partial charge in [-0.05, 0) is 51.9 Å². The molecule has 82 valence electrons. The van der Waals surface area contributed by atoms with Gasteiger partial charge in [0.25, 0.3) is 0 Å². The van der Waals surface area contributed by atoms with E-state index in [-0.39, 0.29) is 5.78 Å². The summed E-state index contributed by atoms with van der Waals surface area (Å²) < 4.78 is 5.16. The number of likely N-dealkylation sites (tertiary alicyclic amines) is 1. The second-order valence-corrected chi connectivity index (χ2v) is 4.56. The molecule has 0 N–H and O–H groups in total. The van der Waals surface area contributed by atoms with Crippen molar-refractivity contribution in [3.63, 3.8) is 0 Å². The van der Waals surface area contributed by atoms with Crippen LogP contribution in [0.3, 0.4) is 0 Å². The zero-order valence-corrected chi connectivity index (χ0v) is 9.32. The first-order valence-corrected chi connectivity index (χ1v) is 5.46. The summed E-state index contributed by atoms with van der Waals surface area (Å²) >= 11 is 0. The molecule has 2 rings (SSSR count). The Balaban J connectivity index is 2.17. The highest BCUT2D eigenvalue weighted by Gasteiger charge is 2.37. The van der Waals surface area contributed by atoms with Gasteiger partial charge >= 0.3 is 0 Å². The first-order chi connectivity index (χ1) is 7.12. The van der Waals surface area contributed by atoms with Gasteiger partial charge < -0.3 is 4.42 Å². The monoisotopic (exact) mass is 207 g/mol. The summed E-state index contributed by atoms with van der Waals surface area (Å²) in [5.74, 6) is 0.543. The highest BCUT2D eigenvalue weighted by molar-refractivity contribution is 6.00. The Hall–Kier alpha value is -1.09. The van der Waals surface area contributed by atoms with E-state index >= 15 is 0 Å². The quantitative estimate of drug-likeness (QED) is 0.713. The number of furan rings is 1. The van der Waals surface area contributed by atoms with Crippen LogP contribution in [0.15, 0.2) is 22.8 Å². The topological polar surface area (TPSA) is 33.5 Å². The third-order valence-electron chi connectivity index (χ3n) is 3.20. The summed E-state index contributed by atoms with van der Waals surface area (Å²) in [4.78, 5) is 14.4. The fourth-order valence-corrected chi connectivity index (χ4v) is 2.13. The molecule has 0 saturated carbocycles. The van der Waals surface area contributed by atoms with Crippen LogP contribution in [0.25, 0.3) is 0 Å². The third kappa shape index (κ3) is 1.84. The van der Waals surface area contributed by atoms with Crippen molar-refractivity contribution in [1.82, 2.24) is 4.90 Å². The molecule has 0 spiro atoms. The Morgan fingerprint density at radius 2 is 2.07 bits per heavy atom. The van der Waals surface area contributed by atoms with Gasteiger partial charge in [-0.3, -0.25) is 9.69 Å². The fraction of sp³-hybridized carbons (Fsp3) is 0.583. The van der Waals surface area contributed by atoms with E-state index < -0.39 is 5.54 Å². The van der Waals surface area contributed by atoms with Gasteiger partial charge in [0.05, 0.1) is 11.8 Å². The molecule has 0 atom stereocenters. The molecule has 3 heteroatoms. The molecule has 1 aliphatic heterocycles. The summed E-state index contributed by atoms with van der Waals surface area (Å²) in [6, 6.07) is 3.49. The van der Waals surface area contributed by atoms with E-state index in [4.69, 9.17) is 4.42 Å². The minimum Gasteiger partial charge on any atom is -0.461 e. The highest BCUT2D eigenvalue weighted by Crippen LogP contribution is 2.24. The third-order valence-corrected chi connectivity index (χ3v) is 3.20. The van der Waals surface area contributed by atoms with Crippen LogP contribution in [-0.4, -0.2) is 29.3 Å². The number of rotatable bonds is 3. The first-order valence-electron chi connectivity index (χ1n) is 5.46. The number of nitrogens with zero attached hydrogens (tertiary/aromatic N) is 1. The molecule has 1 aliphatic rings. The first kappa shape index (κ1) is 10.4. The Bertz CT molecular complexity index is 335. The van der Waals surface area contributed by atoms with Crippen molar-refractivity contribution in [3.8, 4) is 0 Å². The number of carbonyl (C=O) groups is 1. The van der Waals surface area contributed by atoms with Crippen LogP contribution in [0.5, 0.6) is 0 Å². The van der Waals surface area contributed by atoms with Gasteiger partial charge in [0, 0.05) is 0 Å². The Morgan fingerprint density at radius 1 is 1.40 bits per heavy atom. The van der Waals surface area contributed by atoms with Crippen LogP contribution < -0.4 is 0 Å². The Morgan fingerprint density at radius 3 is 2.60 bits per heavy atom. The van der Waals surface area contributed by atoms with Crippen LogP contribution >= 0.6 is 0 Å². The van der Waals surface area contributed by atoms with Crippen LogP contribution in [-0.2, 0) is 0 Å². The van der Waals surface area contributed by atoms with Crippen molar-refractivity contribution in [1.29, 1.82) is 0 Å². The van der Waals surface area contributed by atoms with E-state index in [1.807, 2.05) is 13.8 Å². The summed E-state index contributed by atoms with van der Waals surface area (Å²) in [5, 5.41) is 0. The lowest BCUT2D eigenvalue weighted by molar-refractivity contribution is 0.0672. The van der Waals surface area contributed by atoms with Crippen molar-refractivity contribution in [2.75, 3.05) is 13.1 Å². The van der Waals surface area contributed by atoms with E-state index in [2.05, 4.69) is 4.90 Å². The van der Waals surface area contributed by atoms with Gasteiger partial charge in [0.1, 0.15) is 0 Å². The van der Waals surface area contributed by atoms with Crippen molar-refractivity contribution in [2.24, 2.45) is 0 Å². The molecule has 2 heterocycles. The predicted octanol–water partition coefficient (Wildman–Crippen LogP) is 2.34. The smallest absolute Gasteiger partial charge is 0.217 e. The SMILES string of the molecule is CC(C)(C(=O)c1ccco1)N1CCCC1. The van der Waals surface area contributed by atoms with Crippen molar-refractivity contribution >= 4 is 5.78 Å². The van der Waals surface area contributed by atoms with E-state index in [9.17, 15) is 4.79 Å². The maximum atomic E-state index is 12.2. The summed E-state index contributed by atoms with van der Waals surface area (Å²) in [5.41, 5.74) is -0.436. The molecule has 1 saturated heterocycles. The molecule has 1 aromatic heterocycles. The van der Waals surface area contributed by atoms with E-state index in [0.717, 1.165) is 13.1 Å². The lowest BCUT2D eigenvalue weighted by atomic mass is 9.95. The molecule has 0 radical (unpaired) electrons. The average Bonchev–Trinajstić information content (AvgIpc) is 2.89. The number of hydrogen-bond donors (Lipinski definition) is 0. The van der Waals surface area contributed by atoms with Crippen molar-refractivity contribution in [2.45, 2.75) is 32.2 Å². The molecule has 0 bridgehead atoms. The average molecular weight is 207 g/mol. The van der Waals surface area contributed by atoms with Gasteiger partial charge in [0.2, 0.25) is 5.78 Å². The van der Waals surface area contributed by atoms with Gasteiger partial charge in [-0.2, -0.15) is 0 Å². The Kier molecular flexibility index (Phi) is 2.65.